The fourth-order valence-corrected chi connectivity index (χ4v) is 5.74. The molecule has 1 unspecified atom stereocenters. The molecule has 0 radical (unpaired) electrons. The van der Waals surface area contributed by atoms with Crippen molar-refractivity contribution in [3.05, 3.63) is 70.4 Å². The van der Waals surface area contributed by atoms with Gasteiger partial charge in [0.15, 0.2) is 17.3 Å². The minimum absolute atomic E-state index is 0.111. The molecular formula is C29H34N4O3S. The molecule has 0 saturated carbocycles. The number of ketones is 1. The van der Waals surface area contributed by atoms with Gasteiger partial charge in [-0.2, -0.15) is 4.98 Å². The Morgan fingerprint density at radius 2 is 1.97 bits per heavy atom. The van der Waals surface area contributed by atoms with E-state index in [1.54, 1.807) is 18.9 Å². The number of thioether (sulfide) groups is 1. The lowest BCUT2D eigenvalue weighted by atomic mass is 9.73. The first-order valence-electron chi connectivity index (χ1n) is 12.8. The monoisotopic (exact) mass is 518 g/mol. The van der Waals surface area contributed by atoms with Gasteiger partial charge in [0.2, 0.25) is 11.1 Å². The SMILES string of the molecule is CCCSc1nc2n(n1)C(c1ccc(OCc3ccccc3C)c(OC)c1)C1=C(CC(C)(C)CC1=O)N2. The Bertz CT molecular complexity index is 1360. The second-order valence-electron chi connectivity index (χ2n) is 10.5. The van der Waals surface area contributed by atoms with E-state index in [4.69, 9.17) is 19.6 Å². The molecule has 2 aromatic carbocycles. The molecule has 1 N–H and O–H groups in total. The summed E-state index contributed by atoms with van der Waals surface area (Å²) in [5.41, 5.74) is 4.82. The molecular weight excluding hydrogens is 484 g/mol. The van der Waals surface area contributed by atoms with Crippen LogP contribution in [0.5, 0.6) is 11.5 Å². The zero-order valence-corrected chi connectivity index (χ0v) is 22.9. The molecule has 7 nitrogen and oxygen atoms in total. The number of ether oxygens (including phenoxy) is 2. The van der Waals surface area contributed by atoms with Gasteiger partial charge in [-0.1, -0.05) is 62.9 Å². The largest absolute Gasteiger partial charge is 0.493 e. The van der Waals surface area contributed by atoms with E-state index in [2.05, 4.69) is 45.1 Å². The number of fused-ring (bicyclic) bond motifs is 1. The van der Waals surface area contributed by atoms with Crippen LogP contribution < -0.4 is 14.8 Å². The first-order chi connectivity index (χ1) is 17.8. The van der Waals surface area contributed by atoms with Crippen molar-refractivity contribution in [3.63, 3.8) is 0 Å². The first kappa shape index (κ1) is 25.4. The van der Waals surface area contributed by atoms with Gasteiger partial charge < -0.3 is 14.8 Å². The summed E-state index contributed by atoms with van der Waals surface area (Å²) >= 11 is 1.63. The van der Waals surface area contributed by atoms with E-state index in [9.17, 15) is 4.79 Å². The summed E-state index contributed by atoms with van der Waals surface area (Å²) in [5, 5.41) is 8.98. The van der Waals surface area contributed by atoms with Gasteiger partial charge >= 0.3 is 0 Å². The summed E-state index contributed by atoms with van der Waals surface area (Å²) in [6, 6.07) is 13.7. The van der Waals surface area contributed by atoms with E-state index >= 15 is 0 Å². The fraction of sp³-hybridized carbons (Fsp3) is 0.414. The Balaban J connectivity index is 1.53. The smallest absolute Gasteiger partial charge is 0.227 e. The van der Waals surface area contributed by atoms with E-state index in [1.165, 1.54) is 5.56 Å². The number of carbonyl (C=O) groups is 1. The van der Waals surface area contributed by atoms with Gasteiger partial charge in [-0.3, -0.25) is 4.79 Å². The normalized spacial score (nSPS) is 18.2. The van der Waals surface area contributed by atoms with E-state index in [0.29, 0.717) is 35.6 Å². The predicted octanol–water partition coefficient (Wildman–Crippen LogP) is 6.33. The van der Waals surface area contributed by atoms with Crippen molar-refractivity contribution in [2.75, 3.05) is 18.2 Å². The van der Waals surface area contributed by atoms with E-state index in [1.807, 2.05) is 35.0 Å². The standard InChI is InChI=1S/C29H34N4O3S/c1-6-13-37-28-31-27-30-21-15-29(3,4)16-22(34)25(21)26(33(27)32-28)19-11-12-23(24(14-19)35-5)36-17-20-10-8-7-9-18(20)2/h7-12,14,26H,6,13,15-17H2,1-5H3,(H,30,31,32). The van der Waals surface area contributed by atoms with Crippen LogP contribution in [0.25, 0.3) is 0 Å². The number of hydrogen-bond donors (Lipinski definition) is 1. The van der Waals surface area contributed by atoms with Crippen LogP contribution in [-0.4, -0.2) is 33.4 Å². The number of carbonyl (C=O) groups excluding carboxylic acids is 1. The fourth-order valence-electron chi connectivity index (χ4n) is 5.05. The number of nitrogens with zero attached hydrogens (tertiary/aromatic N) is 3. The van der Waals surface area contributed by atoms with Gasteiger partial charge in [0, 0.05) is 23.4 Å². The summed E-state index contributed by atoms with van der Waals surface area (Å²) in [4.78, 5) is 18.3. The highest BCUT2D eigenvalue weighted by Gasteiger charge is 2.42. The zero-order chi connectivity index (χ0) is 26.2. The molecule has 37 heavy (non-hydrogen) atoms. The number of allylic oxidation sites excluding steroid dienone is 2. The van der Waals surface area contributed by atoms with Gasteiger partial charge in [-0.15, -0.1) is 5.10 Å². The lowest BCUT2D eigenvalue weighted by Crippen LogP contribution is -2.36. The van der Waals surface area contributed by atoms with Crippen LogP contribution in [0.2, 0.25) is 0 Å². The maximum atomic E-state index is 13.5. The van der Waals surface area contributed by atoms with Crippen LogP contribution in [0.3, 0.4) is 0 Å². The van der Waals surface area contributed by atoms with Crippen molar-refractivity contribution < 1.29 is 14.3 Å². The van der Waals surface area contributed by atoms with Gasteiger partial charge in [0.25, 0.3) is 0 Å². The number of aromatic nitrogens is 3. The lowest BCUT2D eigenvalue weighted by molar-refractivity contribution is -0.118. The Hall–Kier alpha value is -3.26. The van der Waals surface area contributed by atoms with Crippen molar-refractivity contribution in [1.82, 2.24) is 14.8 Å². The maximum Gasteiger partial charge on any atom is 0.227 e. The summed E-state index contributed by atoms with van der Waals surface area (Å²) in [6.07, 6.45) is 2.32. The van der Waals surface area contributed by atoms with Crippen LogP contribution in [-0.2, 0) is 11.4 Å². The highest BCUT2D eigenvalue weighted by Crippen LogP contribution is 2.46. The number of aryl methyl sites for hydroxylation is 1. The lowest BCUT2D eigenvalue weighted by Gasteiger charge is -2.38. The number of anilines is 1. The minimum atomic E-state index is -0.377. The average molecular weight is 519 g/mol. The van der Waals surface area contributed by atoms with Gasteiger partial charge in [-0.05, 0) is 54.0 Å². The Morgan fingerprint density at radius 1 is 1.16 bits per heavy atom. The molecule has 1 aromatic heterocycles. The van der Waals surface area contributed by atoms with Crippen molar-refractivity contribution >= 4 is 23.5 Å². The average Bonchev–Trinajstić information content (AvgIpc) is 3.27. The quantitative estimate of drug-likeness (QED) is 0.349. The van der Waals surface area contributed by atoms with E-state index in [-0.39, 0.29) is 17.2 Å². The number of methoxy groups -OCH3 is 1. The number of hydrogen-bond acceptors (Lipinski definition) is 7. The van der Waals surface area contributed by atoms with Crippen LogP contribution in [0, 0.1) is 12.3 Å². The van der Waals surface area contributed by atoms with Gasteiger partial charge in [0.05, 0.1) is 7.11 Å². The molecule has 8 heteroatoms. The predicted molar refractivity (Wildman–Crippen MR) is 146 cm³/mol. The number of benzene rings is 2. The van der Waals surface area contributed by atoms with Gasteiger partial charge in [0.1, 0.15) is 12.6 Å². The Labute approximate surface area is 222 Å². The molecule has 0 amide bonds. The Kier molecular flexibility index (Phi) is 7.03. The number of nitrogens with one attached hydrogen (secondary N) is 1. The van der Waals surface area contributed by atoms with Crippen LogP contribution in [0.15, 0.2) is 58.9 Å². The first-order valence-corrected chi connectivity index (χ1v) is 13.8. The summed E-state index contributed by atoms with van der Waals surface area (Å²) < 4.78 is 13.8. The summed E-state index contributed by atoms with van der Waals surface area (Å²) in [7, 11) is 1.64. The highest BCUT2D eigenvalue weighted by atomic mass is 32.2. The molecule has 1 aliphatic heterocycles. The zero-order valence-electron chi connectivity index (χ0n) is 22.1. The van der Waals surface area contributed by atoms with E-state index in [0.717, 1.165) is 41.0 Å². The molecule has 2 aliphatic rings. The van der Waals surface area contributed by atoms with Crippen molar-refractivity contribution in [1.29, 1.82) is 0 Å². The second-order valence-corrected chi connectivity index (χ2v) is 11.6. The molecule has 194 valence electrons. The highest BCUT2D eigenvalue weighted by molar-refractivity contribution is 7.99. The molecule has 0 fully saturated rings. The third-order valence-electron chi connectivity index (χ3n) is 6.90. The number of rotatable bonds is 8. The molecule has 1 aliphatic carbocycles. The molecule has 0 spiro atoms. The molecule has 2 heterocycles. The third-order valence-corrected chi connectivity index (χ3v) is 7.94. The molecule has 0 saturated heterocycles. The molecule has 3 aromatic rings. The van der Waals surface area contributed by atoms with Crippen molar-refractivity contribution in [2.24, 2.45) is 5.41 Å². The second kappa shape index (κ2) is 10.2. The van der Waals surface area contributed by atoms with E-state index < -0.39 is 0 Å². The molecule has 1 atom stereocenters. The summed E-state index contributed by atoms with van der Waals surface area (Å²) in [6.45, 7) is 8.93. The number of Topliss-reactive ketones (excluding diaryl/α,β-unsaturated/α-hetero) is 1. The van der Waals surface area contributed by atoms with Gasteiger partial charge in [-0.25, -0.2) is 4.68 Å². The van der Waals surface area contributed by atoms with Crippen molar-refractivity contribution in [3.8, 4) is 11.5 Å². The topological polar surface area (TPSA) is 78.3 Å². The maximum absolute atomic E-state index is 13.5. The molecule has 0 bridgehead atoms. The van der Waals surface area contributed by atoms with Crippen molar-refractivity contribution in [2.45, 2.75) is 64.8 Å². The van der Waals surface area contributed by atoms with Crippen LogP contribution in [0.4, 0.5) is 5.95 Å². The van der Waals surface area contributed by atoms with Crippen LogP contribution >= 0.6 is 11.8 Å². The van der Waals surface area contributed by atoms with Crippen LogP contribution in [0.1, 0.15) is 62.8 Å². The minimum Gasteiger partial charge on any atom is -0.493 e. The third kappa shape index (κ3) is 5.12. The Morgan fingerprint density at radius 3 is 2.73 bits per heavy atom. The molecule has 5 rings (SSSR count). The summed E-state index contributed by atoms with van der Waals surface area (Å²) in [5.74, 6) is 3.04.